The molecule has 0 aromatic carbocycles. The van der Waals surface area contributed by atoms with Gasteiger partial charge in [-0.3, -0.25) is 4.79 Å². The minimum atomic E-state index is -0.407. The first-order chi connectivity index (χ1) is 4.22. The van der Waals surface area contributed by atoms with Gasteiger partial charge in [0.2, 0.25) is 0 Å². The Labute approximate surface area is 53.2 Å². The maximum Gasteiger partial charge on any atom is 0.143 e. The van der Waals surface area contributed by atoms with Gasteiger partial charge in [0.15, 0.2) is 0 Å². The zero-order valence-electron chi connectivity index (χ0n) is 5.00. The molecule has 2 aliphatic carbocycles. The van der Waals surface area contributed by atoms with E-state index in [9.17, 15) is 4.79 Å². The predicted octanol–water partition coefficient (Wildman–Crippen LogP) is 0.122. The SMILES string of the molecule is C=C1C2C(=O)CC(O)C12. The summed E-state index contributed by atoms with van der Waals surface area (Å²) in [6.07, 6.45) is -0.0519. The fraction of sp³-hybridized carbons (Fsp3) is 0.571. The van der Waals surface area contributed by atoms with Crippen LogP contribution in [0, 0.1) is 11.8 Å². The van der Waals surface area contributed by atoms with Crippen LogP contribution in [0.2, 0.25) is 0 Å². The Morgan fingerprint density at radius 1 is 1.67 bits per heavy atom. The highest BCUT2D eigenvalue weighted by Crippen LogP contribution is 2.53. The lowest BCUT2D eigenvalue weighted by molar-refractivity contribution is -0.119. The standard InChI is InChI=1S/C7H8O2/c1-3-6-4(8)2-5(9)7(3)6/h4,6-8H,1-2H2. The van der Waals surface area contributed by atoms with Crippen molar-refractivity contribution >= 4 is 5.78 Å². The first-order valence-corrected chi connectivity index (χ1v) is 3.11. The monoisotopic (exact) mass is 124 g/mol. The maximum absolute atomic E-state index is 10.8. The van der Waals surface area contributed by atoms with E-state index in [0.29, 0.717) is 6.42 Å². The highest BCUT2D eigenvalue weighted by atomic mass is 16.3. The van der Waals surface area contributed by atoms with Crippen molar-refractivity contribution in [1.82, 2.24) is 0 Å². The van der Waals surface area contributed by atoms with E-state index < -0.39 is 6.10 Å². The van der Waals surface area contributed by atoms with Crippen LogP contribution in [-0.4, -0.2) is 17.0 Å². The quantitative estimate of drug-likeness (QED) is 0.466. The molecular formula is C7H8O2. The average molecular weight is 124 g/mol. The van der Waals surface area contributed by atoms with Crippen molar-refractivity contribution < 1.29 is 9.90 Å². The molecule has 0 radical (unpaired) electrons. The Kier molecular flexibility index (Phi) is 0.728. The molecule has 0 spiro atoms. The molecule has 3 atom stereocenters. The van der Waals surface area contributed by atoms with Crippen LogP contribution in [0.3, 0.4) is 0 Å². The Balaban J connectivity index is 2.28. The number of carbonyl (C=O) groups excluding carboxylic acids is 1. The van der Waals surface area contributed by atoms with Gasteiger partial charge in [-0.15, -0.1) is 0 Å². The molecule has 2 rings (SSSR count). The molecule has 3 unspecified atom stereocenters. The summed E-state index contributed by atoms with van der Waals surface area (Å²) in [5.41, 5.74) is 0.943. The van der Waals surface area contributed by atoms with E-state index in [2.05, 4.69) is 6.58 Å². The number of Topliss-reactive ketones (excluding diaryl/α,β-unsaturated/α-hetero) is 1. The molecule has 0 aliphatic heterocycles. The van der Waals surface area contributed by atoms with E-state index in [-0.39, 0.29) is 17.6 Å². The zero-order valence-corrected chi connectivity index (χ0v) is 5.00. The van der Waals surface area contributed by atoms with Gasteiger partial charge in [-0.2, -0.15) is 0 Å². The second kappa shape index (κ2) is 1.27. The molecule has 0 bridgehead atoms. The molecule has 48 valence electrons. The lowest BCUT2D eigenvalue weighted by Gasteiger charge is -1.98. The number of aliphatic hydroxyl groups excluding tert-OH is 1. The van der Waals surface area contributed by atoms with Gasteiger partial charge in [-0.25, -0.2) is 0 Å². The van der Waals surface area contributed by atoms with E-state index in [1.54, 1.807) is 0 Å². The molecule has 9 heavy (non-hydrogen) atoms. The van der Waals surface area contributed by atoms with Gasteiger partial charge >= 0.3 is 0 Å². The van der Waals surface area contributed by atoms with Crippen molar-refractivity contribution in [3.05, 3.63) is 12.2 Å². The van der Waals surface area contributed by atoms with Crippen LogP contribution in [0.4, 0.5) is 0 Å². The van der Waals surface area contributed by atoms with E-state index in [4.69, 9.17) is 5.11 Å². The summed E-state index contributed by atoms with van der Waals surface area (Å²) in [4.78, 5) is 10.8. The number of aliphatic hydroxyl groups is 1. The van der Waals surface area contributed by atoms with E-state index >= 15 is 0 Å². The van der Waals surface area contributed by atoms with E-state index in [1.165, 1.54) is 0 Å². The number of carbonyl (C=O) groups is 1. The van der Waals surface area contributed by atoms with Gasteiger partial charge < -0.3 is 5.11 Å². The topological polar surface area (TPSA) is 37.3 Å². The molecule has 0 aromatic rings. The molecule has 0 saturated heterocycles. The number of ketones is 1. The van der Waals surface area contributed by atoms with Gasteiger partial charge in [-0.05, 0) is 0 Å². The van der Waals surface area contributed by atoms with Crippen molar-refractivity contribution in [1.29, 1.82) is 0 Å². The van der Waals surface area contributed by atoms with Crippen molar-refractivity contribution in [3.8, 4) is 0 Å². The molecule has 2 aliphatic rings. The van der Waals surface area contributed by atoms with Gasteiger partial charge in [0, 0.05) is 18.3 Å². The summed E-state index contributed by atoms with van der Waals surface area (Å²) >= 11 is 0. The molecule has 2 saturated carbocycles. The molecule has 0 amide bonds. The summed E-state index contributed by atoms with van der Waals surface area (Å²) in [7, 11) is 0. The van der Waals surface area contributed by atoms with Gasteiger partial charge in [0.05, 0.1) is 6.10 Å². The molecule has 0 aromatic heterocycles. The minimum Gasteiger partial charge on any atom is -0.392 e. The molecule has 0 heterocycles. The Morgan fingerprint density at radius 2 is 2.33 bits per heavy atom. The van der Waals surface area contributed by atoms with Crippen LogP contribution in [0.25, 0.3) is 0 Å². The number of hydrogen-bond donors (Lipinski definition) is 1. The molecule has 1 N–H and O–H groups in total. The largest absolute Gasteiger partial charge is 0.392 e. The van der Waals surface area contributed by atoms with Crippen LogP contribution in [0.1, 0.15) is 6.42 Å². The third-order valence-electron chi connectivity index (χ3n) is 2.25. The van der Waals surface area contributed by atoms with Crippen LogP contribution in [0.5, 0.6) is 0 Å². The molecule has 2 nitrogen and oxygen atoms in total. The van der Waals surface area contributed by atoms with Crippen molar-refractivity contribution in [2.45, 2.75) is 12.5 Å². The highest BCUT2D eigenvalue weighted by molar-refractivity contribution is 5.92. The normalized spacial score (nSPS) is 47.4. The smallest absolute Gasteiger partial charge is 0.143 e. The highest BCUT2D eigenvalue weighted by Gasteiger charge is 2.57. The molecular weight excluding hydrogens is 116 g/mol. The van der Waals surface area contributed by atoms with Crippen LogP contribution in [0.15, 0.2) is 12.2 Å². The Bertz CT molecular complexity index is 195. The van der Waals surface area contributed by atoms with Gasteiger partial charge in [0.25, 0.3) is 0 Å². The summed E-state index contributed by atoms with van der Waals surface area (Å²) in [6, 6.07) is 0. The van der Waals surface area contributed by atoms with Crippen LogP contribution in [-0.2, 0) is 4.79 Å². The first kappa shape index (κ1) is 5.18. The molecule has 2 fully saturated rings. The second-order valence-corrected chi connectivity index (χ2v) is 2.82. The zero-order chi connectivity index (χ0) is 6.59. The average Bonchev–Trinajstić information content (AvgIpc) is 2.30. The summed E-state index contributed by atoms with van der Waals surface area (Å²) in [6.45, 7) is 3.67. The number of rotatable bonds is 0. The van der Waals surface area contributed by atoms with Crippen molar-refractivity contribution in [2.24, 2.45) is 11.8 Å². The summed E-state index contributed by atoms with van der Waals surface area (Å²) in [5.74, 6) is 0.356. The van der Waals surface area contributed by atoms with E-state index in [1.807, 2.05) is 0 Å². The summed E-state index contributed by atoms with van der Waals surface area (Å²) in [5, 5.41) is 9.10. The van der Waals surface area contributed by atoms with E-state index in [0.717, 1.165) is 5.57 Å². The fourth-order valence-electron chi connectivity index (χ4n) is 1.67. The van der Waals surface area contributed by atoms with Crippen molar-refractivity contribution in [3.63, 3.8) is 0 Å². The minimum absolute atomic E-state index is 0.0417. The number of hydrogen-bond acceptors (Lipinski definition) is 2. The third-order valence-corrected chi connectivity index (χ3v) is 2.25. The number of fused-ring (bicyclic) bond motifs is 1. The molecule has 2 heteroatoms. The lowest BCUT2D eigenvalue weighted by Crippen LogP contribution is -2.07. The van der Waals surface area contributed by atoms with Gasteiger partial charge in [-0.1, -0.05) is 12.2 Å². The van der Waals surface area contributed by atoms with Gasteiger partial charge in [0.1, 0.15) is 5.78 Å². The third kappa shape index (κ3) is 0.465. The predicted molar refractivity (Wildman–Crippen MR) is 31.8 cm³/mol. The lowest BCUT2D eigenvalue weighted by atomic mass is 10.2. The van der Waals surface area contributed by atoms with Crippen LogP contribution >= 0.6 is 0 Å². The van der Waals surface area contributed by atoms with Crippen LogP contribution < -0.4 is 0 Å². The maximum atomic E-state index is 10.8. The van der Waals surface area contributed by atoms with Crippen molar-refractivity contribution in [2.75, 3.05) is 0 Å². The Hall–Kier alpha value is -0.630. The first-order valence-electron chi connectivity index (χ1n) is 3.11. The summed E-state index contributed by atoms with van der Waals surface area (Å²) < 4.78 is 0. The fourth-order valence-corrected chi connectivity index (χ4v) is 1.67. The Morgan fingerprint density at radius 3 is 2.56 bits per heavy atom. The second-order valence-electron chi connectivity index (χ2n) is 2.82.